The number of nitrogens with zero attached hydrogens (tertiary/aromatic N) is 3. The van der Waals surface area contributed by atoms with Gasteiger partial charge in [-0.2, -0.15) is 0 Å². The highest BCUT2D eigenvalue weighted by Crippen LogP contribution is 2.26. The molecular weight excluding hydrogens is 418 g/mol. The van der Waals surface area contributed by atoms with Gasteiger partial charge >= 0.3 is 0 Å². The lowest BCUT2D eigenvalue weighted by Crippen LogP contribution is -2.35. The number of hydrogen-bond acceptors (Lipinski definition) is 6. The van der Waals surface area contributed by atoms with Gasteiger partial charge in [-0.15, -0.1) is 0 Å². The molecule has 0 unspecified atom stereocenters. The number of carbonyl (C=O) groups excluding carboxylic acids is 1. The zero-order valence-electron chi connectivity index (χ0n) is 17.5. The molecule has 0 radical (unpaired) electrons. The lowest BCUT2D eigenvalue weighted by molar-refractivity contribution is 0.0342. The van der Waals surface area contributed by atoms with E-state index in [0.29, 0.717) is 35.7 Å². The van der Waals surface area contributed by atoms with Gasteiger partial charge in [0.25, 0.3) is 5.91 Å². The number of H-pyrrole nitrogens is 1. The maximum absolute atomic E-state index is 12.7. The summed E-state index contributed by atoms with van der Waals surface area (Å²) >= 11 is 6.29. The van der Waals surface area contributed by atoms with Gasteiger partial charge in [0, 0.05) is 51.7 Å². The van der Waals surface area contributed by atoms with Crippen molar-refractivity contribution in [3.05, 3.63) is 46.6 Å². The number of carbonyl (C=O) groups is 1. The molecule has 1 aliphatic heterocycles. The standard InChI is InChI=1S/C22H26ClN5O3/c1-30-10-2-7-24-22(29)18-17(23)13-25-21-19(18)26-20(27-21)16-5-3-15(4-6-16)14-28-8-11-31-12-9-28/h3-6,13H,2,7-12,14H2,1H3,(H,24,29)(H,25,26,27). The molecule has 0 spiro atoms. The van der Waals surface area contributed by atoms with Crippen molar-refractivity contribution in [1.82, 2.24) is 25.2 Å². The Bertz CT molecular complexity index is 1030. The maximum Gasteiger partial charge on any atom is 0.255 e. The Morgan fingerprint density at radius 1 is 1.29 bits per heavy atom. The molecule has 3 aromatic rings. The van der Waals surface area contributed by atoms with Crippen molar-refractivity contribution in [2.75, 3.05) is 46.6 Å². The first kappa shape index (κ1) is 21.7. The van der Waals surface area contributed by atoms with Crippen LogP contribution in [0.3, 0.4) is 0 Å². The summed E-state index contributed by atoms with van der Waals surface area (Å²) in [5.74, 6) is 0.378. The molecule has 0 atom stereocenters. The van der Waals surface area contributed by atoms with E-state index in [2.05, 4.69) is 37.3 Å². The van der Waals surface area contributed by atoms with Crippen LogP contribution in [0.4, 0.5) is 0 Å². The number of aromatic amines is 1. The van der Waals surface area contributed by atoms with Crippen LogP contribution in [0.2, 0.25) is 5.02 Å². The van der Waals surface area contributed by atoms with Gasteiger partial charge in [-0.25, -0.2) is 9.97 Å². The van der Waals surface area contributed by atoms with E-state index in [-0.39, 0.29) is 10.9 Å². The van der Waals surface area contributed by atoms with Crippen LogP contribution in [0.5, 0.6) is 0 Å². The van der Waals surface area contributed by atoms with E-state index in [1.807, 2.05) is 12.1 Å². The quantitative estimate of drug-likeness (QED) is 0.520. The lowest BCUT2D eigenvalue weighted by Gasteiger charge is -2.26. The molecular formula is C22H26ClN5O3. The van der Waals surface area contributed by atoms with Crippen molar-refractivity contribution in [1.29, 1.82) is 0 Å². The van der Waals surface area contributed by atoms with E-state index in [4.69, 9.17) is 21.1 Å². The first-order valence-corrected chi connectivity index (χ1v) is 10.7. The minimum Gasteiger partial charge on any atom is -0.385 e. The van der Waals surface area contributed by atoms with E-state index in [9.17, 15) is 4.79 Å². The molecule has 2 aromatic heterocycles. The number of halogens is 1. The van der Waals surface area contributed by atoms with Crippen molar-refractivity contribution in [2.45, 2.75) is 13.0 Å². The van der Waals surface area contributed by atoms with Gasteiger partial charge < -0.3 is 19.8 Å². The molecule has 9 heteroatoms. The molecule has 0 saturated carbocycles. The fraction of sp³-hybridized carbons (Fsp3) is 0.409. The predicted molar refractivity (Wildman–Crippen MR) is 119 cm³/mol. The lowest BCUT2D eigenvalue weighted by atomic mass is 10.1. The molecule has 8 nitrogen and oxygen atoms in total. The van der Waals surface area contributed by atoms with E-state index < -0.39 is 0 Å². The summed E-state index contributed by atoms with van der Waals surface area (Å²) in [6.07, 6.45) is 2.19. The van der Waals surface area contributed by atoms with Crippen LogP contribution in [0.1, 0.15) is 22.3 Å². The third-order valence-corrected chi connectivity index (χ3v) is 5.53. The van der Waals surface area contributed by atoms with E-state index in [0.717, 1.165) is 44.8 Å². The Hall–Kier alpha value is -2.52. The topological polar surface area (TPSA) is 92.4 Å². The highest BCUT2D eigenvalue weighted by atomic mass is 35.5. The number of ether oxygens (including phenoxy) is 2. The molecule has 1 aliphatic rings. The smallest absolute Gasteiger partial charge is 0.255 e. The zero-order valence-corrected chi connectivity index (χ0v) is 18.2. The van der Waals surface area contributed by atoms with Gasteiger partial charge in [-0.1, -0.05) is 35.9 Å². The molecule has 164 valence electrons. The largest absolute Gasteiger partial charge is 0.385 e. The van der Waals surface area contributed by atoms with Crippen LogP contribution in [0, 0.1) is 0 Å². The molecule has 1 fully saturated rings. The number of fused-ring (bicyclic) bond motifs is 1. The average Bonchev–Trinajstić information content (AvgIpc) is 3.22. The van der Waals surface area contributed by atoms with Gasteiger partial charge in [0.2, 0.25) is 0 Å². The van der Waals surface area contributed by atoms with Gasteiger partial charge in [0.15, 0.2) is 5.65 Å². The Labute approximate surface area is 185 Å². The summed E-state index contributed by atoms with van der Waals surface area (Å²) in [6, 6.07) is 8.25. The van der Waals surface area contributed by atoms with Crippen LogP contribution in [-0.2, 0) is 16.0 Å². The van der Waals surface area contributed by atoms with Crippen molar-refractivity contribution in [3.63, 3.8) is 0 Å². The maximum atomic E-state index is 12.7. The summed E-state index contributed by atoms with van der Waals surface area (Å²) in [5.41, 5.74) is 3.48. The first-order chi connectivity index (χ1) is 15.2. The molecule has 1 saturated heterocycles. The van der Waals surface area contributed by atoms with E-state index >= 15 is 0 Å². The molecule has 4 rings (SSSR count). The number of rotatable bonds is 8. The summed E-state index contributed by atoms with van der Waals surface area (Å²) in [7, 11) is 1.63. The Morgan fingerprint density at radius 2 is 2.06 bits per heavy atom. The number of hydrogen-bond donors (Lipinski definition) is 2. The highest BCUT2D eigenvalue weighted by Gasteiger charge is 2.19. The highest BCUT2D eigenvalue weighted by molar-refractivity contribution is 6.35. The number of nitrogens with one attached hydrogen (secondary N) is 2. The second kappa shape index (κ2) is 10.2. The summed E-state index contributed by atoms with van der Waals surface area (Å²) in [4.78, 5) is 27.2. The number of aromatic nitrogens is 3. The van der Waals surface area contributed by atoms with Crippen LogP contribution < -0.4 is 5.32 Å². The van der Waals surface area contributed by atoms with Gasteiger partial charge in [-0.05, 0) is 12.0 Å². The molecule has 2 N–H and O–H groups in total. The predicted octanol–water partition coefficient (Wildman–Crippen LogP) is 2.88. The Morgan fingerprint density at radius 3 is 2.81 bits per heavy atom. The number of pyridine rings is 1. The summed E-state index contributed by atoms with van der Waals surface area (Å²) in [5, 5.41) is 3.14. The van der Waals surface area contributed by atoms with Crippen LogP contribution in [0.15, 0.2) is 30.5 Å². The fourth-order valence-corrected chi connectivity index (χ4v) is 3.80. The zero-order chi connectivity index (χ0) is 21.6. The SMILES string of the molecule is COCCCNC(=O)c1c(Cl)cnc2[nH]c(-c3ccc(CN4CCOCC4)cc3)nc12. The summed E-state index contributed by atoms with van der Waals surface area (Å²) < 4.78 is 10.4. The van der Waals surface area contributed by atoms with Gasteiger partial charge in [-0.3, -0.25) is 9.69 Å². The number of morpholine rings is 1. The third-order valence-electron chi connectivity index (χ3n) is 5.24. The van der Waals surface area contributed by atoms with Crippen LogP contribution >= 0.6 is 11.6 Å². The van der Waals surface area contributed by atoms with E-state index in [1.165, 1.54) is 11.8 Å². The van der Waals surface area contributed by atoms with Crippen molar-refractivity contribution >= 4 is 28.7 Å². The molecule has 1 aromatic carbocycles. The van der Waals surface area contributed by atoms with Crippen LogP contribution in [-0.4, -0.2) is 72.3 Å². The minimum atomic E-state index is -0.271. The third kappa shape index (κ3) is 5.22. The number of imidazole rings is 1. The second-order valence-corrected chi connectivity index (χ2v) is 7.86. The van der Waals surface area contributed by atoms with Crippen molar-refractivity contribution < 1.29 is 14.3 Å². The first-order valence-electron chi connectivity index (χ1n) is 10.4. The molecule has 3 heterocycles. The fourth-order valence-electron chi connectivity index (χ4n) is 3.58. The number of methoxy groups -OCH3 is 1. The van der Waals surface area contributed by atoms with Crippen molar-refractivity contribution in [2.24, 2.45) is 0 Å². The Kier molecular flexibility index (Phi) is 7.14. The Balaban J connectivity index is 1.52. The number of benzene rings is 1. The molecule has 0 bridgehead atoms. The normalized spacial score (nSPS) is 14.8. The summed E-state index contributed by atoms with van der Waals surface area (Å²) in [6.45, 7) is 5.45. The second-order valence-electron chi connectivity index (χ2n) is 7.45. The molecule has 0 aliphatic carbocycles. The van der Waals surface area contributed by atoms with Crippen molar-refractivity contribution in [3.8, 4) is 11.4 Å². The number of amides is 1. The molecule has 1 amide bonds. The molecule has 31 heavy (non-hydrogen) atoms. The monoisotopic (exact) mass is 443 g/mol. The van der Waals surface area contributed by atoms with Crippen LogP contribution in [0.25, 0.3) is 22.6 Å². The van der Waals surface area contributed by atoms with Gasteiger partial charge in [0.1, 0.15) is 11.3 Å². The minimum absolute atomic E-state index is 0.271. The average molecular weight is 444 g/mol. The van der Waals surface area contributed by atoms with E-state index in [1.54, 1.807) is 7.11 Å². The van der Waals surface area contributed by atoms with Gasteiger partial charge in [0.05, 0.1) is 23.8 Å².